The van der Waals surface area contributed by atoms with Gasteiger partial charge in [-0.2, -0.15) is 0 Å². The van der Waals surface area contributed by atoms with Crippen molar-refractivity contribution in [2.75, 3.05) is 32.2 Å². The number of nitrogens with one attached hydrogen (secondary N) is 2. The Morgan fingerprint density at radius 1 is 0.962 bits per heavy atom. The molecule has 138 valence electrons. The van der Waals surface area contributed by atoms with E-state index in [1.165, 1.54) is 0 Å². The Morgan fingerprint density at radius 2 is 1.62 bits per heavy atom. The van der Waals surface area contributed by atoms with Crippen LogP contribution in [0.15, 0.2) is 48.5 Å². The summed E-state index contributed by atoms with van der Waals surface area (Å²) in [6.07, 6.45) is -0.527. The highest BCUT2D eigenvalue weighted by Crippen LogP contribution is 2.16. The highest BCUT2D eigenvalue weighted by molar-refractivity contribution is 5.95. The molecular weight excluding hydrogens is 336 g/mol. The molecule has 2 N–H and O–H groups in total. The van der Waals surface area contributed by atoms with Gasteiger partial charge in [0.05, 0.1) is 20.3 Å². The van der Waals surface area contributed by atoms with E-state index in [1.54, 1.807) is 62.6 Å². The molecule has 2 aromatic rings. The van der Waals surface area contributed by atoms with Crippen molar-refractivity contribution in [3.05, 3.63) is 54.1 Å². The second-order valence-electron chi connectivity index (χ2n) is 5.20. The van der Waals surface area contributed by atoms with Crippen LogP contribution in [0, 0.1) is 0 Å². The van der Waals surface area contributed by atoms with Gasteiger partial charge in [0.2, 0.25) is 0 Å². The Bertz CT molecular complexity index is 714. The predicted octanol–water partition coefficient (Wildman–Crippen LogP) is 3.07. The van der Waals surface area contributed by atoms with Crippen LogP contribution in [0.1, 0.15) is 17.3 Å². The summed E-state index contributed by atoms with van der Waals surface area (Å²) in [6.45, 7) is 2.74. The number of hydrogen-bond donors (Lipinski definition) is 2. The zero-order valence-electron chi connectivity index (χ0n) is 14.8. The molecule has 0 spiro atoms. The zero-order chi connectivity index (χ0) is 18.8. The summed E-state index contributed by atoms with van der Waals surface area (Å²) in [5.74, 6) is 1.24. The molecule has 0 atom stereocenters. The van der Waals surface area contributed by atoms with Crippen LogP contribution in [0.25, 0.3) is 0 Å². The molecule has 2 aromatic carbocycles. The lowest BCUT2D eigenvalue weighted by Gasteiger charge is -2.09. The maximum absolute atomic E-state index is 12.1. The monoisotopic (exact) mass is 358 g/mol. The van der Waals surface area contributed by atoms with E-state index >= 15 is 0 Å². The van der Waals surface area contributed by atoms with E-state index in [9.17, 15) is 9.59 Å². The fraction of sp³-hybridized carbons (Fsp3) is 0.263. The third-order valence-corrected chi connectivity index (χ3v) is 3.38. The van der Waals surface area contributed by atoms with Crippen LogP contribution in [-0.4, -0.2) is 38.9 Å². The van der Waals surface area contributed by atoms with Gasteiger partial charge in [0, 0.05) is 11.3 Å². The first-order chi connectivity index (χ1) is 12.6. The number of hydrogen-bond acceptors (Lipinski definition) is 5. The lowest BCUT2D eigenvalue weighted by molar-refractivity contribution is 0.0947. The minimum absolute atomic E-state index is 0.217. The first-order valence-electron chi connectivity index (χ1n) is 8.21. The van der Waals surface area contributed by atoms with Gasteiger partial charge in [-0.1, -0.05) is 0 Å². The Morgan fingerprint density at radius 3 is 2.23 bits per heavy atom. The van der Waals surface area contributed by atoms with E-state index in [0.717, 1.165) is 5.75 Å². The molecule has 0 heterocycles. The summed E-state index contributed by atoms with van der Waals surface area (Å²) in [5, 5.41) is 5.34. The van der Waals surface area contributed by atoms with E-state index in [4.69, 9.17) is 14.2 Å². The van der Waals surface area contributed by atoms with E-state index in [0.29, 0.717) is 36.8 Å². The van der Waals surface area contributed by atoms with Gasteiger partial charge in [0.15, 0.2) is 0 Å². The predicted molar refractivity (Wildman–Crippen MR) is 97.9 cm³/mol. The van der Waals surface area contributed by atoms with Crippen molar-refractivity contribution in [2.45, 2.75) is 6.92 Å². The van der Waals surface area contributed by atoms with E-state index in [-0.39, 0.29) is 5.91 Å². The minimum atomic E-state index is -0.527. The lowest BCUT2D eigenvalue weighted by atomic mass is 10.2. The van der Waals surface area contributed by atoms with Crippen molar-refractivity contribution in [3.8, 4) is 11.5 Å². The number of benzene rings is 2. The number of ether oxygens (including phenoxy) is 3. The molecule has 2 rings (SSSR count). The normalized spacial score (nSPS) is 9.92. The number of carbonyl (C=O) groups is 2. The molecule has 0 aliphatic heterocycles. The largest absolute Gasteiger partial charge is 0.497 e. The van der Waals surface area contributed by atoms with Crippen molar-refractivity contribution >= 4 is 17.7 Å². The number of anilines is 1. The van der Waals surface area contributed by atoms with Crippen LogP contribution < -0.4 is 20.1 Å². The van der Waals surface area contributed by atoms with Crippen molar-refractivity contribution < 1.29 is 23.8 Å². The van der Waals surface area contributed by atoms with E-state index in [1.807, 2.05) is 0 Å². The number of amides is 2. The summed E-state index contributed by atoms with van der Waals surface area (Å²) in [5.41, 5.74) is 1.05. The molecule has 0 fully saturated rings. The van der Waals surface area contributed by atoms with Crippen molar-refractivity contribution in [2.24, 2.45) is 0 Å². The summed E-state index contributed by atoms with van der Waals surface area (Å²) in [6, 6.07) is 13.7. The highest BCUT2D eigenvalue weighted by Gasteiger charge is 2.06. The Hall–Kier alpha value is -3.22. The fourth-order valence-electron chi connectivity index (χ4n) is 2.10. The van der Waals surface area contributed by atoms with Gasteiger partial charge in [0.25, 0.3) is 5.91 Å². The van der Waals surface area contributed by atoms with Crippen LogP contribution in [-0.2, 0) is 4.74 Å². The minimum Gasteiger partial charge on any atom is -0.497 e. The van der Waals surface area contributed by atoms with Crippen LogP contribution in [0.3, 0.4) is 0 Å². The van der Waals surface area contributed by atoms with Crippen molar-refractivity contribution in [1.82, 2.24) is 5.32 Å². The zero-order valence-corrected chi connectivity index (χ0v) is 14.8. The molecule has 2 amide bonds. The number of rotatable bonds is 8. The van der Waals surface area contributed by atoms with Crippen LogP contribution in [0.5, 0.6) is 11.5 Å². The van der Waals surface area contributed by atoms with Gasteiger partial charge in [-0.25, -0.2) is 4.79 Å². The van der Waals surface area contributed by atoms with E-state index < -0.39 is 6.09 Å². The number of methoxy groups -OCH3 is 1. The van der Waals surface area contributed by atoms with Crippen LogP contribution >= 0.6 is 0 Å². The molecule has 26 heavy (non-hydrogen) atoms. The second-order valence-corrected chi connectivity index (χ2v) is 5.20. The summed E-state index contributed by atoms with van der Waals surface area (Å²) >= 11 is 0. The molecule has 7 heteroatoms. The Labute approximate surface area is 152 Å². The second kappa shape index (κ2) is 9.93. The summed E-state index contributed by atoms with van der Waals surface area (Å²) in [4.78, 5) is 23.4. The Kier molecular flexibility index (Phi) is 7.30. The smallest absolute Gasteiger partial charge is 0.411 e. The van der Waals surface area contributed by atoms with Gasteiger partial charge in [-0.3, -0.25) is 10.1 Å². The topological polar surface area (TPSA) is 85.9 Å². The van der Waals surface area contributed by atoms with Gasteiger partial charge in [-0.15, -0.1) is 0 Å². The van der Waals surface area contributed by atoms with Gasteiger partial charge in [-0.05, 0) is 55.5 Å². The maximum Gasteiger partial charge on any atom is 0.411 e. The molecule has 7 nitrogen and oxygen atoms in total. The lowest BCUT2D eigenvalue weighted by Crippen LogP contribution is -2.28. The molecule has 0 saturated carbocycles. The molecular formula is C19H22N2O5. The SMILES string of the molecule is CCOC(=O)Nc1ccc(C(=O)NCCOc2ccc(OC)cc2)cc1. The molecule has 0 aliphatic rings. The maximum atomic E-state index is 12.1. The Balaban J connectivity index is 1.74. The third kappa shape index (κ3) is 6.01. The van der Waals surface area contributed by atoms with Gasteiger partial charge in [0.1, 0.15) is 18.1 Å². The van der Waals surface area contributed by atoms with Crippen LogP contribution in [0.2, 0.25) is 0 Å². The van der Waals surface area contributed by atoms with Crippen molar-refractivity contribution in [3.63, 3.8) is 0 Å². The molecule has 0 saturated heterocycles. The first kappa shape index (κ1) is 19.1. The molecule has 0 aromatic heterocycles. The molecule has 0 radical (unpaired) electrons. The molecule has 0 unspecified atom stereocenters. The summed E-state index contributed by atoms with van der Waals surface area (Å²) in [7, 11) is 1.60. The number of carbonyl (C=O) groups excluding carboxylic acids is 2. The van der Waals surface area contributed by atoms with Gasteiger partial charge < -0.3 is 19.5 Å². The quantitative estimate of drug-likeness (QED) is 0.708. The van der Waals surface area contributed by atoms with Crippen LogP contribution in [0.4, 0.5) is 10.5 Å². The van der Waals surface area contributed by atoms with E-state index in [2.05, 4.69) is 10.6 Å². The average molecular weight is 358 g/mol. The fourth-order valence-corrected chi connectivity index (χ4v) is 2.10. The molecule has 0 aliphatic carbocycles. The third-order valence-electron chi connectivity index (χ3n) is 3.38. The highest BCUT2D eigenvalue weighted by atomic mass is 16.5. The average Bonchev–Trinajstić information content (AvgIpc) is 2.66. The standard InChI is InChI=1S/C19H22N2O5/c1-3-25-19(23)21-15-6-4-14(5-7-15)18(22)20-12-13-26-17-10-8-16(24-2)9-11-17/h4-11H,3,12-13H2,1-2H3,(H,20,22)(H,21,23). The first-order valence-corrected chi connectivity index (χ1v) is 8.21. The van der Waals surface area contributed by atoms with Gasteiger partial charge >= 0.3 is 6.09 Å². The molecule has 0 bridgehead atoms. The summed E-state index contributed by atoms with van der Waals surface area (Å²) < 4.78 is 15.4. The van der Waals surface area contributed by atoms with Crippen molar-refractivity contribution in [1.29, 1.82) is 0 Å².